The SMILES string of the molecule is COc1cccc(/C(O)=C2\C(=O)C(=O)N(c3nc4ccc(F)cc4s3)C2c2ccc(N(C)C)cc2)c1. The maximum absolute atomic E-state index is 13.8. The Balaban J connectivity index is 1.72. The lowest BCUT2D eigenvalue weighted by Crippen LogP contribution is -2.29. The van der Waals surface area contributed by atoms with Gasteiger partial charge in [-0.1, -0.05) is 35.6 Å². The van der Waals surface area contributed by atoms with Crippen molar-refractivity contribution in [1.82, 2.24) is 4.98 Å². The predicted molar refractivity (Wildman–Crippen MR) is 138 cm³/mol. The molecule has 36 heavy (non-hydrogen) atoms. The zero-order valence-corrected chi connectivity index (χ0v) is 20.5. The summed E-state index contributed by atoms with van der Waals surface area (Å²) in [4.78, 5) is 34.4. The van der Waals surface area contributed by atoms with Gasteiger partial charge in [0, 0.05) is 25.3 Å². The fraction of sp³-hybridized carbons (Fsp3) is 0.148. The molecule has 1 fully saturated rings. The van der Waals surface area contributed by atoms with Crippen molar-refractivity contribution in [3.05, 3.63) is 89.2 Å². The zero-order valence-electron chi connectivity index (χ0n) is 19.7. The molecular formula is C27H22FN3O4S. The van der Waals surface area contributed by atoms with Gasteiger partial charge < -0.3 is 14.7 Å². The van der Waals surface area contributed by atoms with Crippen LogP contribution >= 0.6 is 11.3 Å². The number of halogens is 1. The Kier molecular flexibility index (Phi) is 5.93. The van der Waals surface area contributed by atoms with E-state index in [1.807, 2.05) is 43.3 Å². The highest BCUT2D eigenvalue weighted by atomic mass is 32.1. The molecule has 1 unspecified atom stereocenters. The van der Waals surface area contributed by atoms with Gasteiger partial charge in [0.15, 0.2) is 5.13 Å². The highest BCUT2D eigenvalue weighted by Crippen LogP contribution is 2.44. The van der Waals surface area contributed by atoms with E-state index in [9.17, 15) is 19.1 Å². The quantitative estimate of drug-likeness (QED) is 0.231. The summed E-state index contributed by atoms with van der Waals surface area (Å²) in [6.45, 7) is 0. The maximum atomic E-state index is 13.8. The van der Waals surface area contributed by atoms with Gasteiger partial charge in [-0.15, -0.1) is 0 Å². The maximum Gasteiger partial charge on any atom is 0.301 e. The molecule has 2 heterocycles. The van der Waals surface area contributed by atoms with Gasteiger partial charge in [-0.3, -0.25) is 14.5 Å². The normalized spacial score (nSPS) is 17.1. The Labute approximate surface area is 210 Å². The average molecular weight is 504 g/mol. The lowest BCUT2D eigenvalue weighted by Gasteiger charge is -2.23. The molecule has 3 aromatic carbocycles. The molecule has 1 aliphatic heterocycles. The summed E-state index contributed by atoms with van der Waals surface area (Å²) < 4.78 is 19.6. The van der Waals surface area contributed by atoms with Crippen molar-refractivity contribution < 1.29 is 23.8 Å². The third-order valence-electron chi connectivity index (χ3n) is 6.06. The van der Waals surface area contributed by atoms with Crippen molar-refractivity contribution in [3.8, 4) is 5.75 Å². The molecule has 0 aliphatic carbocycles. The number of nitrogens with zero attached hydrogens (tertiary/aromatic N) is 3. The number of carbonyl (C=O) groups excluding carboxylic acids is 2. The first-order valence-corrected chi connectivity index (χ1v) is 11.9. The fourth-order valence-corrected chi connectivity index (χ4v) is 5.23. The van der Waals surface area contributed by atoms with E-state index in [-0.39, 0.29) is 16.5 Å². The number of carbonyl (C=O) groups is 2. The number of rotatable bonds is 5. The van der Waals surface area contributed by atoms with Gasteiger partial charge in [-0.05, 0) is 48.0 Å². The molecule has 7 nitrogen and oxygen atoms in total. The minimum absolute atomic E-state index is 0.0590. The van der Waals surface area contributed by atoms with Gasteiger partial charge in [0.25, 0.3) is 5.78 Å². The summed E-state index contributed by atoms with van der Waals surface area (Å²) in [5, 5.41) is 11.5. The van der Waals surface area contributed by atoms with Crippen LogP contribution in [-0.4, -0.2) is 43.0 Å². The van der Waals surface area contributed by atoms with Crippen LogP contribution in [0, 0.1) is 5.82 Å². The number of thiazole rings is 1. The van der Waals surface area contributed by atoms with E-state index < -0.39 is 23.5 Å². The molecule has 5 rings (SSSR count). The first-order chi connectivity index (χ1) is 17.3. The molecule has 1 saturated heterocycles. The molecule has 1 amide bonds. The molecule has 9 heteroatoms. The molecule has 1 N–H and O–H groups in total. The van der Waals surface area contributed by atoms with E-state index in [2.05, 4.69) is 4.98 Å². The number of ketones is 1. The first-order valence-electron chi connectivity index (χ1n) is 11.1. The number of hydrogen-bond donors (Lipinski definition) is 1. The van der Waals surface area contributed by atoms with Gasteiger partial charge in [-0.25, -0.2) is 9.37 Å². The molecule has 182 valence electrons. The van der Waals surface area contributed by atoms with E-state index in [1.165, 1.54) is 30.2 Å². The summed E-state index contributed by atoms with van der Waals surface area (Å²) in [5.74, 6) is -1.89. The van der Waals surface area contributed by atoms with Gasteiger partial charge in [0.1, 0.15) is 17.3 Å². The number of aromatic nitrogens is 1. The van der Waals surface area contributed by atoms with E-state index in [0.717, 1.165) is 17.0 Å². The number of aliphatic hydroxyl groups is 1. The second kappa shape index (κ2) is 9.09. The zero-order chi connectivity index (χ0) is 25.6. The second-order valence-electron chi connectivity index (χ2n) is 8.50. The van der Waals surface area contributed by atoms with E-state index >= 15 is 0 Å². The number of hydrogen-bond acceptors (Lipinski definition) is 7. The van der Waals surface area contributed by atoms with Gasteiger partial charge >= 0.3 is 5.91 Å². The molecule has 0 saturated carbocycles. The van der Waals surface area contributed by atoms with Crippen LogP contribution in [0.25, 0.3) is 16.0 Å². The number of benzene rings is 3. The average Bonchev–Trinajstić information content (AvgIpc) is 3.41. The Morgan fingerprint density at radius 2 is 1.83 bits per heavy atom. The van der Waals surface area contributed by atoms with Crippen LogP contribution in [0.4, 0.5) is 15.2 Å². The van der Waals surface area contributed by atoms with Crippen molar-refractivity contribution in [3.63, 3.8) is 0 Å². The van der Waals surface area contributed by atoms with Crippen LogP contribution in [0.2, 0.25) is 0 Å². The molecule has 1 aromatic heterocycles. The Hall–Kier alpha value is -4.24. The molecule has 0 bridgehead atoms. The summed E-state index contributed by atoms with van der Waals surface area (Å²) in [6.07, 6.45) is 0. The standard InChI is InChI=1S/C27H22FN3O4S/c1-30(2)18-10-7-15(8-11-18)23-22(24(32)16-5-4-6-19(13-16)35-3)25(33)26(34)31(23)27-29-20-12-9-17(28)14-21(20)36-27/h4-14,23,32H,1-3H3/b24-22+. The third kappa shape index (κ3) is 3.97. The number of ether oxygens (including phenoxy) is 1. The third-order valence-corrected chi connectivity index (χ3v) is 7.08. The van der Waals surface area contributed by atoms with Crippen molar-refractivity contribution >= 4 is 49.8 Å². The van der Waals surface area contributed by atoms with Crippen LogP contribution < -0.4 is 14.5 Å². The molecule has 0 spiro atoms. The minimum atomic E-state index is -0.933. The van der Waals surface area contributed by atoms with E-state index in [0.29, 0.717) is 27.1 Å². The number of amides is 1. The van der Waals surface area contributed by atoms with Crippen molar-refractivity contribution in [1.29, 1.82) is 0 Å². The molecule has 0 radical (unpaired) electrons. The second-order valence-corrected chi connectivity index (χ2v) is 9.50. The van der Waals surface area contributed by atoms with Crippen LogP contribution in [0.15, 0.2) is 72.3 Å². The Bertz CT molecular complexity index is 1530. The Morgan fingerprint density at radius 1 is 1.08 bits per heavy atom. The van der Waals surface area contributed by atoms with Crippen molar-refractivity contribution in [2.45, 2.75) is 6.04 Å². The van der Waals surface area contributed by atoms with Crippen LogP contribution in [0.5, 0.6) is 5.75 Å². The minimum Gasteiger partial charge on any atom is -0.507 e. The number of anilines is 2. The van der Waals surface area contributed by atoms with Crippen molar-refractivity contribution in [2.24, 2.45) is 0 Å². The van der Waals surface area contributed by atoms with Gasteiger partial charge in [0.2, 0.25) is 0 Å². The van der Waals surface area contributed by atoms with Crippen LogP contribution in [0.1, 0.15) is 17.2 Å². The highest BCUT2D eigenvalue weighted by Gasteiger charge is 2.48. The molecule has 1 atom stereocenters. The van der Waals surface area contributed by atoms with Crippen LogP contribution in [0.3, 0.4) is 0 Å². The highest BCUT2D eigenvalue weighted by molar-refractivity contribution is 7.22. The smallest absolute Gasteiger partial charge is 0.301 e. The molecule has 1 aliphatic rings. The number of fused-ring (bicyclic) bond motifs is 1. The van der Waals surface area contributed by atoms with Crippen LogP contribution in [-0.2, 0) is 9.59 Å². The monoisotopic (exact) mass is 503 g/mol. The summed E-state index contributed by atoms with van der Waals surface area (Å²) in [6, 6.07) is 17.2. The largest absolute Gasteiger partial charge is 0.507 e. The predicted octanol–water partition coefficient (Wildman–Crippen LogP) is 5.14. The lowest BCUT2D eigenvalue weighted by molar-refractivity contribution is -0.132. The summed E-state index contributed by atoms with van der Waals surface area (Å²) >= 11 is 1.11. The first kappa shape index (κ1) is 23.5. The van der Waals surface area contributed by atoms with E-state index in [1.54, 1.807) is 24.3 Å². The topological polar surface area (TPSA) is 83.0 Å². The van der Waals surface area contributed by atoms with Gasteiger partial charge in [-0.2, -0.15) is 0 Å². The van der Waals surface area contributed by atoms with Crippen molar-refractivity contribution in [2.75, 3.05) is 31.0 Å². The van der Waals surface area contributed by atoms with Gasteiger partial charge in [0.05, 0.1) is 28.9 Å². The summed E-state index contributed by atoms with van der Waals surface area (Å²) in [5.41, 5.74) is 2.34. The number of Topliss-reactive ketones (excluding diaryl/α,β-unsaturated/α-hetero) is 1. The lowest BCUT2D eigenvalue weighted by atomic mass is 9.95. The molecular weight excluding hydrogens is 481 g/mol. The Morgan fingerprint density at radius 3 is 2.53 bits per heavy atom. The molecule has 4 aromatic rings. The number of methoxy groups -OCH3 is 1. The van der Waals surface area contributed by atoms with E-state index in [4.69, 9.17) is 4.74 Å². The summed E-state index contributed by atoms with van der Waals surface area (Å²) in [7, 11) is 5.31. The number of aliphatic hydroxyl groups excluding tert-OH is 1. The fourth-order valence-electron chi connectivity index (χ4n) is 4.22.